The van der Waals surface area contributed by atoms with E-state index in [9.17, 15) is 23.1 Å². The molecule has 230 valence electrons. The summed E-state index contributed by atoms with van der Waals surface area (Å²) in [5, 5.41) is 13.5. The van der Waals surface area contributed by atoms with Gasteiger partial charge < -0.3 is 39.0 Å². The molecule has 13 nitrogen and oxygen atoms in total. The van der Waals surface area contributed by atoms with Crippen LogP contribution in [0.3, 0.4) is 0 Å². The van der Waals surface area contributed by atoms with Gasteiger partial charge in [0.15, 0.2) is 6.29 Å². The summed E-state index contributed by atoms with van der Waals surface area (Å²) in [5.41, 5.74) is 0. The monoisotopic (exact) mass is 607 g/mol. The summed E-state index contributed by atoms with van der Waals surface area (Å²) in [5.74, 6) is -0.887. The lowest BCUT2D eigenvalue weighted by atomic mass is 9.91. The standard InChI is InChI=1S/C27H38BN3O10S/c1-37-18-6-7-23-21(13-18)38-11-4-2-3-10-31-17(5-8-24(31)33)14-30(42(23,35)36)15-20(32)25(28)29-27(34)41-22-16-40-26-19(22)9-12-39-26/h6-7,13,17,19-20,22,25-26,32H,2-5,8-12,14-16H2,1H3,(H,29,34)/t17-,19-,20+,22-,25+,26+/m0/s1. The second-order valence-corrected chi connectivity index (χ2v) is 12.9. The van der Waals surface area contributed by atoms with E-state index in [0.717, 1.165) is 17.1 Å². The molecule has 2 N–H and O–H groups in total. The fourth-order valence-corrected chi connectivity index (χ4v) is 7.50. The number of nitrogens with one attached hydrogen (secondary N) is 1. The minimum Gasteiger partial charge on any atom is -0.497 e. The number of aliphatic hydroxyl groups excluding tert-OH is 1. The third-order valence-corrected chi connectivity index (χ3v) is 10.1. The van der Waals surface area contributed by atoms with Gasteiger partial charge in [-0.3, -0.25) is 4.79 Å². The summed E-state index contributed by atoms with van der Waals surface area (Å²) < 4.78 is 56.9. The zero-order chi connectivity index (χ0) is 29.9. The third kappa shape index (κ3) is 6.80. The lowest BCUT2D eigenvalue weighted by Crippen LogP contribution is -2.52. The molecule has 15 heteroatoms. The zero-order valence-corrected chi connectivity index (χ0v) is 24.5. The molecule has 6 atom stereocenters. The summed E-state index contributed by atoms with van der Waals surface area (Å²) in [6, 6.07) is 4.07. The van der Waals surface area contributed by atoms with Gasteiger partial charge in [-0.15, -0.1) is 0 Å². The van der Waals surface area contributed by atoms with Gasteiger partial charge in [0.1, 0.15) is 30.3 Å². The van der Waals surface area contributed by atoms with Crippen molar-refractivity contribution >= 4 is 29.9 Å². The van der Waals surface area contributed by atoms with E-state index in [-0.39, 0.29) is 48.3 Å². The summed E-state index contributed by atoms with van der Waals surface area (Å²) in [6.07, 6.45) is 0.478. The number of nitrogens with zero attached hydrogens (tertiary/aromatic N) is 2. The molecule has 1 aromatic rings. The van der Waals surface area contributed by atoms with Crippen LogP contribution in [0, 0.1) is 5.92 Å². The van der Waals surface area contributed by atoms with Crippen LogP contribution >= 0.6 is 0 Å². The van der Waals surface area contributed by atoms with Gasteiger partial charge in [0, 0.05) is 44.1 Å². The quantitative estimate of drug-likeness (QED) is 0.440. The molecule has 0 spiro atoms. The number of fused-ring (bicyclic) bond motifs is 3. The van der Waals surface area contributed by atoms with Gasteiger partial charge in [0.25, 0.3) is 0 Å². The molecule has 3 fully saturated rings. The molecular weight excluding hydrogens is 569 g/mol. The van der Waals surface area contributed by atoms with Crippen molar-refractivity contribution in [3.63, 3.8) is 0 Å². The number of rotatable bonds is 6. The Bertz CT molecular complexity index is 1240. The van der Waals surface area contributed by atoms with E-state index in [2.05, 4.69) is 5.32 Å². The second kappa shape index (κ2) is 13.4. The summed E-state index contributed by atoms with van der Waals surface area (Å²) in [7, 11) is 3.32. The van der Waals surface area contributed by atoms with Crippen molar-refractivity contribution in [2.75, 3.05) is 46.6 Å². The molecule has 42 heavy (non-hydrogen) atoms. The van der Waals surface area contributed by atoms with Crippen LogP contribution in [0.5, 0.6) is 11.5 Å². The highest BCUT2D eigenvalue weighted by molar-refractivity contribution is 7.89. The van der Waals surface area contributed by atoms with E-state index in [1.165, 1.54) is 25.3 Å². The van der Waals surface area contributed by atoms with Gasteiger partial charge in [0.05, 0.1) is 39.0 Å². The fraction of sp³-hybridized carbons (Fsp3) is 0.704. The number of amides is 2. The van der Waals surface area contributed by atoms with E-state index in [4.69, 9.17) is 31.5 Å². The van der Waals surface area contributed by atoms with E-state index in [0.29, 0.717) is 44.6 Å². The van der Waals surface area contributed by atoms with Gasteiger partial charge in [-0.25, -0.2) is 13.2 Å². The molecule has 0 bridgehead atoms. The molecule has 1 aromatic carbocycles. The predicted molar refractivity (Wildman–Crippen MR) is 149 cm³/mol. The summed E-state index contributed by atoms with van der Waals surface area (Å²) in [6.45, 7) is 0.993. The first-order valence-corrected chi connectivity index (χ1v) is 15.9. The minimum absolute atomic E-state index is 0.0268. The lowest BCUT2D eigenvalue weighted by Gasteiger charge is -2.33. The molecule has 2 amide bonds. The maximum atomic E-state index is 14.1. The van der Waals surface area contributed by atoms with Crippen LogP contribution in [0.25, 0.3) is 0 Å². The summed E-state index contributed by atoms with van der Waals surface area (Å²) in [4.78, 5) is 26.9. The molecule has 0 aromatic heterocycles. The van der Waals surface area contributed by atoms with Gasteiger partial charge in [-0.05, 0) is 44.2 Å². The number of hydrogen-bond donors (Lipinski definition) is 2. The van der Waals surface area contributed by atoms with Crippen molar-refractivity contribution in [3.05, 3.63) is 18.2 Å². The van der Waals surface area contributed by atoms with Crippen LogP contribution in [-0.4, -0.2) is 120 Å². The maximum Gasteiger partial charge on any atom is 0.407 e. The molecule has 0 aliphatic carbocycles. The Morgan fingerprint density at radius 1 is 1.21 bits per heavy atom. The Hall–Kier alpha value is -2.59. The number of hydrogen-bond acceptors (Lipinski definition) is 10. The molecule has 0 unspecified atom stereocenters. The topological polar surface area (TPSA) is 153 Å². The first-order chi connectivity index (χ1) is 20.2. The van der Waals surface area contributed by atoms with Gasteiger partial charge in [-0.2, -0.15) is 4.31 Å². The van der Waals surface area contributed by atoms with E-state index < -0.39 is 47.1 Å². The van der Waals surface area contributed by atoms with Crippen LogP contribution in [0.1, 0.15) is 38.5 Å². The number of benzene rings is 1. The van der Waals surface area contributed by atoms with Crippen molar-refractivity contribution in [3.8, 4) is 11.5 Å². The number of methoxy groups -OCH3 is 1. The molecule has 0 saturated carbocycles. The Morgan fingerprint density at radius 2 is 2.05 bits per heavy atom. The number of carbonyl (C=O) groups excluding carboxylic acids is 2. The minimum atomic E-state index is -4.26. The van der Waals surface area contributed by atoms with Gasteiger partial charge in [-0.1, -0.05) is 0 Å². The van der Waals surface area contributed by atoms with Gasteiger partial charge in [0.2, 0.25) is 15.9 Å². The Kier molecular flexibility index (Phi) is 9.83. The lowest BCUT2D eigenvalue weighted by molar-refractivity contribution is -0.129. The first-order valence-electron chi connectivity index (χ1n) is 14.4. The number of aliphatic hydroxyl groups is 1. The normalized spacial score (nSPS) is 29.5. The predicted octanol–water partition coefficient (Wildman–Crippen LogP) is 0.583. The van der Waals surface area contributed by atoms with Crippen LogP contribution in [0.2, 0.25) is 0 Å². The largest absolute Gasteiger partial charge is 0.497 e. The molecule has 4 aliphatic rings. The van der Waals surface area contributed by atoms with Crippen molar-refractivity contribution < 1.29 is 46.8 Å². The highest BCUT2D eigenvalue weighted by Gasteiger charge is 2.44. The van der Waals surface area contributed by atoms with Crippen molar-refractivity contribution in [2.45, 2.75) is 73.9 Å². The second-order valence-electron chi connectivity index (χ2n) is 11.0. The Labute approximate surface area is 247 Å². The van der Waals surface area contributed by atoms with E-state index in [1.807, 2.05) is 0 Å². The Balaban J connectivity index is 1.34. The number of carbonyl (C=O) groups is 2. The van der Waals surface area contributed by atoms with Crippen molar-refractivity contribution in [1.29, 1.82) is 0 Å². The highest BCUT2D eigenvalue weighted by Crippen LogP contribution is 2.34. The number of sulfonamides is 1. The van der Waals surface area contributed by atoms with Crippen LogP contribution in [-0.2, 0) is 29.0 Å². The van der Waals surface area contributed by atoms with Crippen molar-refractivity contribution in [1.82, 2.24) is 14.5 Å². The number of β-amino-alcohol motifs (C(OH)–C–C–N with tert-alkyl or cyclic N) is 1. The molecule has 3 saturated heterocycles. The van der Waals surface area contributed by atoms with E-state index >= 15 is 0 Å². The average molecular weight is 607 g/mol. The zero-order valence-electron chi connectivity index (χ0n) is 23.7. The van der Waals surface area contributed by atoms with E-state index in [1.54, 1.807) is 4.90 Å². The SMILES string of the molecule is [B][C@H](NC(=O)O[C@H]1CO[C@H]2OCC[C@H]21)[C@H](O)CN1C[C@@H]2CCC(=O)N2CCCCCOc2cc(OC)ccc2S1(=O)=O. The maximum absolute atomic E-state index is 14.1. The third-order valence-electron chi connectivity index (χ3n) is 8.27. The molecule has 4 heterocycles. The number of alkyl carbamates (subject to hydrolysis) is 1. The highest BCUT2D eigenvalue weighted by atomic mass is 32.2. The van der Waals surface area contributed by atoms with Crippen LogP contribution < -0.4 is 14.8 Å². The summed E-state index contributed by atoms with van der Waals surface area (Å²) >= 11 is 0. The molecule has 5 rings (SSSR count). The molecular formula is C27H38BN3O10S. The number of ether oxygens (including phenoxy) is 5. The van der Waals surface area contributed by atoms with Crippen LogP contribution in [0.15, 0.2) is 23.1 Å². The molecule has 4 aliphatic heterocycles. The van der Waals surface area contributed by atoms with Gasteiger partial charge >= 0.3 is 6.09 Å². The van der Waals surface area contributed by atoms with Crippen molar-refractivity contribution in [2.24, 2.45) is 5.92 Å². The molecule has 2 radical (unpaired) electrons. The first kappa shape index (κ1) is 30.9. The Morgan fingerprint density at radius 3 is 2.86 bits per heavy atom. The fourth-order valence-electron chi connectivity index (χ4n) is 5.89. The average Bonchev–Trinajstić information content (AvgIpc) is 3.67. The smallest absolute Gasteiger partial charge is 0.407 e. The van der Waals surface area contributed by atoms with Crippen LogP contribution in [0.4, 0.5) is 4.79 Å².